The molecule has 0 bridgehead atoms. The minimum absolute atomic E-state index is 0.127. The second-order valence-corrected chi connectivity index (χ2v) is 4.99. The molecule has 0 spiro atoms. The molecule has 0 saturated carbocycles. The summed E-state index contributed by atoms with van der Waals surface area (Å²) >= 11 is 3.22. The number of nitrogen functional groups attached to an aromatic ring is 1. The van der Waals surface area contributed by atoms with Gasteiger partial charge in [-0.25, -0.2) is 4.98 Å². The molecular formula is C12H17BrN4O2. The zero-order valence-corrected chi connectivity index (χ0v) is 12.5. The highest BCUT2D eigenvalue weighted by molar-refractivity contribution is 9.10. The number of anilines is 1. The molecular weight excluding hydrogens is 312 g/mol. The van der Waals surface area contributed by atoms with E-state index < -0.39 is 11.9 Å². The Bertz CT molecular complexity index is 479. The number of halogens is 1. The molecule has 7 heteroatoms. The molecule has 0 aliphatic rings. The van der Waals surface area contributed by atoms with E-state index in [4.69, 9.17) is 5.73 Å². The largest absolute Gasteiger partial charge is 0.383 e. The highest BCUT2D eigenvalue weighted by Crippen LogP contribution is 2.15. The van der Waals surface area contributed by atoms with Crippen LogP contribution in [0.25, 0.3) is 0 Å². The molecule has 1 rings (SSSR count). The fourth-order valence-corrected chi connectivity index (χ4v) is 1.70. The first kappa shape index (κ1) is 15.4. The van der Waals surface area contributed by atoms with Gasteiger partial charge in [-0.15, -0.1) is 0 Å². The second-order valence-electron chi connectivity index (χ2n) is 4.07. The standard InChI is InChI=1S/C12H17BrN4O2/c1-3-4-15-11(18)7(2)17-12(19)9-5-8(13)6-16-10(9)14/h5-7H,3-4H2,1-2H3,(H2,14,16)(H,15,18)(H,17,19). The van der Waals surface area contributed by atoms with Crippen LogP contribution in [-0.4, -0.2) is 29.4 Å². The number of nitrogens with one attached hydrogen (secondary N) is 2. The minimum atomic E-state index is -0.627. The number of hydrogen-bond donors (Lipinski definition) is 3. The molecule has 0 aliphatic carbocycles. The van der Waals surface area contributed by atoms with Gasteiger partial charge in [-0.05, 0) is 35.3 Å². The Labute approximate surface area is 120 Å². The Hall–Kier alpha value is -1.63. The van der Waals surface area contributed by atoms with E-state index in [0.717, 1.165) is 6.42 Å². The van der Waals surface area contributed by atoms with Crippen LogP contribution in [0.15, 0.2) is 16.7 Å². The Morgan fingerprint density at radius 2 is 2.21 bits per heavy atom. The Kier molecular flexibility index (Phi) is 5.75. The predicted octanol–water partition coefficient (Wildman–Crippen LogP) is 1.07. The van der Waals surface area contributed by atoms with Gasteiger partial charge in [-0.3, -0.25) is 9.59 Å². The van der Waals surface area contributed by atoms with E-state index in [0.29, 0.717) is 11.0 Å². The van der Waals surface area contributed by atoms with Crippen LogP contribution in [0.4, 0.5) is 5.82 Å². The van der Waals surface area contributed by atoms with Crippen LogP contribution in [0.2, 0.25) is 0 Å². The topological polar surface area (TPSA) is 97.1 Å². The molecule has 1 unspecified atom stereocenters. The van der Waals surface area contributed by atoms with Crippen LogP contribution in [0.5, 0.6) is 0 Å². The quantitative estimate of drug-likeness (QED) is 0.753. The average molecular weight is 329 g/mol. The molecule has 0 radical (unpaired) electrons. The van der Waals surface area contributed by atoms with Crippen molar-refractivity contribution < 1.29 is 9.59 Å². The number of nitrogens with zero attached hydrogens (tertiary/aromatic N) is 1. The monoisotopic (exact) mass is 328 g/mol. The van der Waals surface area contributed by atoms with Crippen LogP contribution >= 0.6 is 15.9 Å². The van der Waals surface area contributed by atoms with Crippen molar-refractivity contribution in [2.24, 2.45) is 0 Å². The zero-order chi connectivity index (χ0) is 14.4. The normalized spacial score (nSPS) is 11.7. The summed E-state index contributed by atoms with van der Waals surface area (Å²) in [5.41, 5.74) is 5.87. The Morgan fingerprint density at radius 1 is 1.53 bits per heavy atom. The molecule has 1 aromatic heterocycles. The van der Waals surface area contributed by atoms with Crippen molar-refractivity contribution in [2.75, 3.05) is 12.3 Å². The minimum Gasteiger partial charge on any atom is -0.383 e. The molecule has 2 amide bonds. The van der Waals surface area contributed by atoms with E-state index in [9.17, 15) is 9.59 Å². The summed E-state index contributed by atoms with van der Waals surface area (Å²) in [6.45, 7) is 4.15. The Morgan fingerprint density at radius 3 is 2.84 bits per heavy atom. The first-order chi connectivity index (χ1) is 8.95. The lowest BCUT2D eigenvalue weighted by molar-refractivity contribution is -0.122. The molecule has 4 N–H and O–H groups in total. The third-order valence-electron chi connectivity index (χ3n) is 2.42. The van der Waals surface area contributed by atoms with E-state index in [2.05, 4.69) is 31.5 Å². The molecule has 0 saturated heterocycles. The molecule has 104 valence electrons. The van der Waals surface area contributed by atoms with Crippen LogP contribution in [0.3, 0.4) is 0 Å². The van der Waals surface area contributed by atoms with E-state index in [1.54, 1.807) is 13.0 Å². The Balaban J connectivity index is 2.68. The molecule has 0 fully saturated rings. The highest BCUT2D eigenvalue weighted by Gasteiger charge is 2.18. The fourth-order valence-electron chi connectivity index (χ4n) is 1.37. The van der Waals surface area contributed by atoms with Crippen LogP contribution in [0, 0.1) is 0 Å². The van der Waals surface area contributed by atoms with E-state index in [1.807, 2.05) is 6.92 Å². The van der Waals surface area contributed by atoms with Crippen LogP contribution < -0.4 is 16.4 Å². The molecule has 0 aliphatic heterocycles. The van der Waals surface area contributed by atoms with Gasteiger partial charge < -0.3 is 16.4 Å². The zero-order valence-electron chi connectivity index (χ0n) is 10.9. The smallest absolute Gasteiger partial charge is 0.255 e. The molecule has 1 heterocycles. The van der Waals surface area contributed by atoms with Crippen molar-refractivity contribution in [1.82, 2.24) is 15.6 Å². The molecule has 1 aromatic rings. The summed E-state index contributed by atoms with van der Waals surface area (Å²) in [4.78, 5) is 27.5. The van der Waals surface area contributed by atoms with Gasteiger partial charge in [-0.1, -0.05) is 6.92 Å². The van der Waals surface area contributed by atoms with Gasteiger partial charge in [0.25, 0.3) is 5.91 Å². The van der Waals surface area contributed by atoms with Gasteiger partial charge in [0.05, 0.1) is 5.56 Å². The molecule has 1 atom stereocenters. The lowest BCUT2D eigenvalue weighted by atomic mass is 10.2. The van der Waals surface area contributed by atoms with Gasteiger partial charge >= 0.3 is 0 Å². The number of rotatable bonds is 5. The van der Waals surface area contributed by atoms with Crippen molar-refractivity contribution >= 4 is 33.6 Å². The van der Waals surface area contributed by atoms with Crippen molar-refractivity contribution in [3.05, 3.63) is 22.3 Å². The summed E-state index contributed by atoms with van der Waals surface area (Å²) in [7, 11) is 0. The van der Waals surface area contributed by atoms with Gasteiger partial charge in [0.1, 0.15) is 11.9 Å². The number of carbonyl (C=O) groups excluding carboxylic acids is 2. The van der Waals surface area contributed by atoms with Crippen molar-refractivity contribution in [2.45, 2.75) is 26.3 Å². The number of carbonyl (C=O) groups is 2. The first-order valence-corrected chi connectivity index (χ1v) is 6.74. The van der Waals surface area contributed by atoms with Crippen LogP contribution in [0.1, 0.15) is 30.6 Å². The van der Waals surface area contributed by atoms with Crippen LogP contribution in [-0.2, 0) is 4.79 Å². The summed E-state index contributed by atoms with van der Waals surface area (Å²) in [6.07, 6.45) is 2.35. The lowest BCUT2D eigenvalue weighted by Gasteiger charge is -2.14. The number of hydrogen-bond acceptors (Lipinski definition) is 4. The maximum atomic E-state index is 12.0. The number of amides is 2. The summed E-state index contributed by atoms with van der Waals surface area (Å²) in [5.74, 6) is -0.524. The molecule has 0 aromatic carbocycles. The van der Waals surface area contributed by atoms with Crippen molar-refractivity contribution in [3.63, 3.8) is 0 Å². The summed E-state index contributed by atoms with van der Waals surface area (Å²) in [6, 6.07) is 0.936. The third kappa shape index (κ3) is 4.51. The predicted molar refractivity (Wildman–Crippen MR) is 76.6 cm³/mol. The number of pyridine rings is 1. The lowest BCUT2D eigenvalue weighted by Crippen LogP contribution is -2.45. The number of aromatic nitrogens is 1. The second kappa shape index (κ2) is 7.08. The third-order valence-corrected chi connectivity index (χ3v) is 2.85. The average Bonchev–Trinajstić information content (AvgIpc) is 2.38. The van der Waals surface area contributed by atoms with Gasteiger partial charge in [0, 0.05) is 17.2 Å². The van der Waals surface area contributed by atoms with Crippen molar-refractivity contribution in [3.8, 4) is 0 Å². The fraction of sp³-hybridized carbons (Fsp3) is 0.417. The first-order valence-electron chi connectivity index (χ1n) is 5.95. The van der Waals surface area contributed by atoms with Gasteiger partial charge in [0.15, 0.2) is 0 Å². The molecule has 19 heavy (non-hydrogen) atoms. The van der Waals surface area contributed by atoms with E-state index in [1.165, 1.54) is 6.20 Å². The van der Waals surface area contributed by atoms with Crippen molar-refractivity contribution in [1.29, 1.82) is 0 Å². The maximum Gasteiger partial charge on any atom is 0.255 e. The number of nitrogens with two attached hydrogens (primary N) is 1. The summed E-state index contributed by atoms with van der Waals surface area (Å²) < 4.78 is 0.648. The van der Waals surface area contributed by atoms with Gasteiger partial charge in [0.2, 0.25) is 5.91 Å². The van der Waals surface area contributed by atoms with E-state index in [-0.39, 0.29) is 17.3 Å². The highest BCUT2D eigenvalue weighted by atomic mass is 79.9. The SMILES string of the molecule is CCCNC(=O)C(C)NC(=O)c1cc(Br)cnc1N. The maximum absolute atomic E-state index is 12.0. The summed E-state index contributed by atoms with van der Waals surface area (Å²) in [5, 5.41) is 5.29. The molecule has 6 nitrogen and oxygen atoms in total. The van der Waals surface area contributed by atoms with Gasteiger partial charge in [-0.2, -0.15) is 0 Å². The van der Waals surface area contributed by atoms with E-state index >= 15 is 0 Å².